The van der Waals surface area contributed by atoms with Crippen molar-refractivity contribution in [2.75, 3.05) is 13.2 Å². The van der Waals surface area contributed by atoms with Crippen LogP contribution in [0.5, 0.6) is 11.5 Å². The van der Waals surface area contributed by atoms with Gasteiger partial charge < -0.3 is 14.8 Å². The van der Waals surface area contributed by atoms with Crippen molar-refractivity contribution in [2.24, 2.45) is 0 Å². The molecule has 5 heteroatoms. The molecule has 0 heterocycles. The van der Waals surface area contributed by atoms with Crippen LogP contribution in [0.15, 0.2) is 36.4 Å². The molecule has 0 aromatic heterocycles. The first-order chi connectivity index (χ1) is 11.1. The van der Waals surface area contributed by atoms with Gasteiger partial charge in [-0.25, -0.2) is 0 Å². The first-order valence-electron chi connectivity index (χ1n) is 7.98. The lowest BCUT2D eigenvalue weighted by atomic mass is 10.1. The molecule has 0 fully saturated rings. The van der Waals surface area contributed by atoms with Crippen molar-refractivity contribution in [2.45, 2.75) is 33.9 Å². The molecule has 1 N–H and O–H groups in total. The fourth-order valence-electron chi connectivity index (χ4n) is 2.33. The molecule has 3 nitrogen and oxygen atoms in total. The normalized spacial score (nSPS) is 10.2. The smallest absolute Gasteiger partial charge is 0.179 e. The van der Waals surface area contributed by atoms with Crippen molar-refractivity contribution in [1.29, 1.82) is 0 Å². The van der Waals surface area contributed by atoms with Crippen LogP contribution in [-0.4, -0.2) is 13.2 Å². The average Bonchev–Trinajstić information content (AvgIpc) is 2.53. The number of aryl methyl sites for hydroxylation is 1. The van der Waals surface area contributed by atoms with Crippen molar-refractivity contribution in [1.82, 2.24) is 5.32 Å². The second-order valence-electron chi connectivity index (χ2n) is 5.36. The Morgan fingerprint density at radius 1 is 0.917 bits per heavy atom. The van der Waals surface area contributed by atoms with E-state index in [1.807, 2.05) is 26.0 Å². The Bertz CT molecular complexity index is 630. The summed E-state index contributed by atoms with van der Waals surface area (Å²) < 4.78 is 11.2. The molecule has 0 aliphatic rings. The molecule has 0 bridgehead atoms. The van der Waals surface area contributed by atoms with Gasteiger partial charge in [-0.1, -0.05) is 41.4 Å². The Hall–Kier alpha value is -1.42. The molecule has 0 amide bonds. The Kier molecular flexibility index (Phi) is 8.98. The summed E-state index contributed by atoms with van der Waals surface area (Å²) in [4.78, 5) is 0. The molecule has 0 spiro atoms. The quantitative estimate of drug-likeness (QED) is 0.697. The number of hydrogen-bond acceptors (Lipinski definition) is 3. The number of halogens is 2. The van der Waals surface area contributed by atoms with E-state index in [1.165, 1.54) is 11.1 Å². The van der Waals surface area contributed by atoms with E-state index < -0.39 is 0 Å². The molecule has 2 rings (SSSR count). The van der Waals surface area contributed by atoms with Gasteiger partial charge in [0, 0.05) is 13.1 Å². The van der Waals surface area contributed by atoms with E-state index in [0.717, 1.165) is 18.7 Å². The summed E-state index contributed by atoms with van der Waals surface area (Å²) in [6, 6.07) is 12.4. The third-order valence-electron chi connectivity index (χ3n) is 3.44. The van der Waals surface area contributed by atoms with Crippen LogP contribution in [0, 0.1) is 6.92 Å². The standard InChI is InChI=1S/C19H24ClNO2.ClH/c1-4-22-18-11-16(10-17(20)19(18)23-5-2)13-21-12-15-8-6-14(3)7-9-15;/h6-11,21H,4-5,12-13H2,1-3H3;1H. The van der Waals surface area contributed by atoms with Gasteiger partial charge in [0.05, 0.1) is 18.2 Å². The highest BCUT2D eigenvalue weighted by molar-refractivity contribution is 6.32. The predicted octanol–water partition coefficient (Wildman–Crippen LogP) is 5.16. The zero-order valence-electron chi connectivity index (χ0n) is 14.4. The van der Waals surface area contributed by atoms with Crippen molar-refractivity contribution >= 4 is 24.0 Å². The van der Waals surface area contributed by atoms with E-state index in [-0.39, 0.29) is 12.4 Å². The van der Waals surface area contributed by atoms with Gasteiger partial charge in [0.1, 0.15) is 0 Å². The molecule has 0 saturated carbocycles. The maximum atomic E-state index is 6.33. The third kappa shape index (κ3) is 5.90. The summed E-state index contributed by atoms with van der Waals surface area (Å²) in [7, 11) is 0. The zero-order chi connectivity index (χ0) is 16.7. The number of hydrogen-bond donors (Lipinski definition) is 1. The molecule has 2 aromatic carbocycles. The van der Waals surface area contributed by atoms with Gasteiger partial charge in [-0.05, 0) is 44.0 Å². The van der Waals surface area contributed by atoms with Gasteiger partial charge in [-0.3, -0.25) is 0 Å². The van der Waals surface area contributed by atoms with Crippen LogP contribution >= 0.6 is 24.0 Å². The highest BCUT2D eigenvalue weighted by Crippen LogP contribution is 2.36. The van der Waals surface area contributed by atoms with Gasteiger partial charge >= 0.3 is 0 Å². The second kappa shape index (κ2) is 10.4. The Morgan fingerprint density at radius 3 is 2.17 bits per heavy atom. The van der Waals surface area contributed by atoms with E-state index in [4.69, 9.17) is 21.1 Å². The van der Waals surface area contributed by atoms with E-state index in [2.05, 4.69) is 36.5 Å². The third-order valence-corrected chi connectivity index (χ3v) is 3.72. The highest BCUT2D eigenvalue weighted by Gasteiger charge is 2.12. The maximum Gasteiger partial charge on any atom is 0.179 e. The predicted molar refractivity (Wildman–Crippen MR) is 103 cm³/mol. The minimum atomic E-state index is 0. The summed E-state index contributed by atoms with van der Waals surface area (Å²) in [5.41, 5.74) is 3.61. The van der Waals surface area contributed by atoms with E-state index in [1.54, 1.807) is 0 Å². The lowest BCUT2D eigenvalue weighted by molar-refractivity contribution is 0.287. The largest absolute Gasteiger partial charge is 0.490 e. The Morgan fingerprint density at radius 2 is 1.54 bits per heavy atom. The van der Waals surface area contributed by atoms with Crippen LogP contribution in [-0.2, 0) is 13.1 Å². The van der Waals surface area contributed by atoms with E-state index in [0.29, 0.717) is 29.7 Å². The molecular formula is C19H25Cl2NO2. The van der Waals surface area contributed by atoms with Gasteiger partial charge in [0.15, 0.2) is 11.5 Å². The molecule has 0 aliphatic carbocycles. The summed E-state index contributed by atoms with van der Waals surface area (Å²) in [5.74, 6) is 1.33. The maximum absolute atomic E-state index is 6.33. The first kappa shape index (κ1) is 20.6. The molecule has 0 unspecified atom stereocenters. The lowest BCUT2D eigenvalue weighted by Gasteiger charge is -2.14. The Labute approximate surface area is 155 Å². The number of benzene rings is 2. The summed E-state index contributed by atoms with van der Waals surface area (Å²) in [6.45, 7) is 8.65. The molecule has 0 atom stereocenters. The molecule has 0 radical (unpaired) electrons. The second-order valence-corrected chi connectivity index (χ2v) is 5.77. The van der Waals surface area contributed by atoms with E-state index >= 15 is 0 Å². The molecule has 0 aliphatic heterocycles. The first-order valence-corrected chi connectivity index (χ1v) is 8.36. The van der Waals surface area contributed by atoms with Crippen LogP contribution in [0.1, 0.15) is 30.5 Å². The molecule has 2 aromatic rings. The zero-order valence-corrected chi connectivity index (χ0v) is 16.0. The van der Waals surface area contributed by atoms with Gasteiger partial charge in [0.2, 0.25) is 0 Å². The SMILES string of the molecule is CCOc1cc(CNCc2ccc(C)cc2)cc(Cl)c1OCC.Cl. The highest BCUT2D eigenvalue weighted by atomic mass is 35.5. The number of nitrogens with one attached hydrogen (secondary N) is 1. The lowest BCUT2D eigenvalue weighted by Crippen LogP contribution is -2.13. The fraction of sp³-hybridized carbons (Fsp3) is 0.368. The molecular weight excluding hydrogens is 345 g/mol. The van der Waals surface area contributed by atoms with E-state index in [9.17, 15) is 0 Å². The topological polar surface area (TPSA) is 30.5 Å². The van der Waals surface area contributed by atoms with Gasteiger partial charge in [-0.15, -0.1) is 12.4 Å². The molecule has 24 heavy (non-hydrogen) atoms. The summed E-state index contributed by atoms with van der Waals surface area (Å²) in [6.07, 6.45) is 0. The minimum absolute atomic E-state index is 0. The van der Waals surface area contributed by atoms with Gasteiger partial charge in [0.25, 0.3) is 0 Å². The van der Waals surface area contributed by atoms with Crippen LogP contribution in [0.25, 0.3) is 0 Å². The van der Waals surface area contributed by atoms with Crippen LogP contribution in [0.2, 0.25) is 5.02 Å². The van der Waals surface area contributed by atoms with Gasteiger partial charge in [-0.2, -0.15) is 0 Å². The monoisotopic (exact) mass is 369 g/mol. The van der Waals surface area contributed by atoms with Crippen molar-refractivity contribution < 1.29 is 9.47 Å². The van der Waals surface area contributed by atoms with Crippen molar-refractivity contribution in [3.63, 3.8) is 0 Å². The van der Waals surface area contributed by atoms with Crippen LogP contribution in [0.3, 0.4) is 0 Å². The summed E-state index contributed by atoms with van der Waals surface area (Å²) in [5, 5.41) is 4.02. The number of ether oxygens (including phenoxy) is 2. The number of rotatable bonds is 8. The van der Waals surface area contributed by atoms with Crippen molar-refractivity contribution in [3.8, 4) is 11.5 Å². The van der Waals surface area contributed by atoms with Crippen molar-refractivity contribution in [3.05, 3.63) is 58.1 Å². The van der Waals surface area contributed by atoms with Crippen LogP contribution < -0.4 is 14.8 Å². The van der Waals surface area contributed by atoms with Crippen LogP contribution in [0.4, 0.5) is 0 Å². The average molecular weight is 370 g/mol. The summed E-state index contributed by atoms with van der Waals surface area (Å²) >= 11 is 6.33. The fourth-order valence-corrected chi connectivity index (χ4v) is 2.62. The Balaban J connectivity index is 0.00000288. The minimum Gasteiger partial charge on any atom is -0.490 e. The molecule has 132 valence electrons. The molecule has 0 saturated heterocycles.